The van der Waals surface area contributed by atoms with E-state index in [1.54, 1.807) is 0 Å². The highest BCUT2D eigenvalue weighted by Crippen LogP contribution is 2.23. The van der Waals surface area contributed by atoms with Gasteiger partial charge in [0.1, 0.15) is 0 Å². The molecule has 1 aliphatic heterocycles. The molecule has 0 spiro atoms. The third-order valence-corrected chi connectivity index (χ3v) is 4.66. The van der Waals surface area contributed by atoms with Crippen LogP contribution in [0.5, 0.6) is 0 Å². The zero-order valence-corrected chi connectivity index (χ0v) is 11.5. The van der Waals surface area contributed by atoms with Crippen LogP contribution < -0.4 is 5.73 Å². The van der Waals surface area contributed by atoms with Gasteiger partial charge in [0.15, 0.2) is 0 Å². The highest BCUT2D eigenvalue weighted by Gasteiger charge is 2.21. The van der Waals surface area contributed by atoms with Crippen molar-refractivity contribution >= 4 is 11.8 Å². The van der Waals surface area contributed by atoms with Gasteiger partial charge in [0, 0.05) is 24.4 Å². The molecule has 94 valence electrons. The van der Waals surface area contributed by atoms with Crippen molar-refractivity contribution < 1.29 is 0 Å². The van der Waals surface area contributed by atoms with Gasteiger partial charge < -0.3 is 10.6 Å². The highest BCUT2D eigenvalue weighted by molar-refractivity contribution is 7.99. The number of thioether (sulfide) groups is 1. The molecule has 0 aromatic heterocycles. The van der Waals surface area contributed by atoms with Crippen LogP contribution in [-0.4, -0.2) is 36.0 Å². The first kappa shape index (κ1) is 12.9. The van der Waals surface area contributed by atoms with Crippen molar-refractivity contribution in [1.82, 2.24) is 4.90 Å². The first-order valence-corrected chi connectivity index (χ1v) is 7.42. The van der Waals surface area contributed by atoms with Crippen LogP contribution in [0.3, 0.4) is 0 Å². The van der Waals surface area contributed by atoms with Crippen LogP contribution in [0.2, 0.25) is 0 Å². The Hall–Kier alpha value is -0.510. The SMILES string of the molecule is Cc1ccc(C(N)CN(C)C2CCSC2)cc1. The third kappa shape index (κ3) is 3.47. The number of aryl methyl sites for hydroxylation is 1. The fourth-order valence-corrected chi connectivity index (χ4v) is 3.55. The zero-order chi connectivity index (χ0) is 12.3. The molecule has 1 heterocycles. The van der Waals surface area contributed by atoms with Crippen LogP contribution >= 0.6 is 11.8 Å². The minimum atomic E-state index is 0.131. The van der Waals surface area contributed by atoms with Gasteiger partial charge in [0.05, 0.1) is 0 Å². The molecule has 2 N–H and O–H groups in total. The molecule has 2 atom stereocenters. The van der Waals surface area contributed by atoms with Crippen molar-refractivity contribution in [1.29, 1.82) is 0 Å². The quantitative estimate of drug-likeness (QED) is 0.890. The molecule has 2 rings (SSSR count). The molecule has 1 aromatic rings. The van der Waals surface area contributed by atoms with Crippen LogP contribution in [0.25, 0.3) is 0 Å². The van der Waals surface area contributed by atoms with Crippen LogP contribution in [0.1, 0.15) is 23.6 Å². The molecule has 1 saturated heterocycles. The maximum absolute atomic E-state index is 6.27. The monoisotopic (exact) mass is 250 g/mol. The summed E-state index contributed by atoms with van der Waals surface area (Å²) in [6, 6.07) is 9.43. The first-order chi connectivity index (χ1) is 8.16. The second-order valence-electron chi connectivity index (χ2n) is 4.97. The van der Waals surface area contributed by atoms with E-state index in [1.165, 1.54) is 29.1 Å². The Morgan fingerprint density at radius 3 is 2.71 bits per heavy atom. The van der Waals surface area contributed by atoms with Gasteiger partial charge in [-0.3, -0.25) is 0 Å². The Balaban J connectivity index is 1.91. The fraction of sp³-hybridized carbons (Fsp3) is 0.571. The summed E-state index contributed by atoms with van der Waals surface area (Å²) in [5, 5.41) is 0. The highest BCUT2D eigenvalue weighted by atomic mass is 32.2. The lowest BCUT2D eigenvalue weighted by atomic mass is 10.0. The van der Waals surface area contributed by atoms with Gasteiger partial charge in [-0.05, 0) is 31.7 Å². The lowest BCUT2D eigenvalue weighted by Crippen LogP contribution is -2.37. The second kappa shape index (κ2) is 5.89. The van der Waals surface area contributed by atoms with E-state index in [1.807, 2.05) is 0 Å². The van der Waals surface area contributed by atoms with E-state index in [4.69, 9.17) is 5.73 Å². The van der Waals surface area contributed by atoms with E-state index in [0.29, 0.717) is 0 Å². The van der Waals surface area contributed by atoms with Crippen molar-refractivity contribution in [2.24, 2.45) is 5.73 Å². The van der Waals surface area contributed by atoms with Crippen LogP contribution in [0.15, 0.2) is 24.3 Å². The summed E-state index contributed by atoms with van der Waals surface area (Å²) in [4.78, 5) is 2.42. The summed E-state index contributed by atoms with van der Waals surface area (Å²) in [7, 11) is 2.20. The topological polar surface area (TPSA) is 29.3 Å². The maximum Gasteiger partial charge on any atom is 0.0424 e. The smallest absolute Gasteiger partial charge is 0.0424 e. The van der Waals surface area contributed by atoms with Gasteiger partial charge in [-0.25, -0.2) is 0 Å². The molecule has 0 amide bonds. The predicted octanol–water partition coefficient (Wildman–Crippen LogP) is 2.43. The molecule has 1 fully saturated rings. The van der Waals surface area contributed by atoms with Crippen molar-refractivity contribution in [3.63, 3.8) is 0 Å². The zero-order valence-electron chi connectivity index (χ0n) is 10.7. The summed E-state index contributed by atoms with van der Waals surface area (Å²) in [5.41, 5.74) is 8.80. The first-order valence-electron chi connectivity index (χ1n) is 6.27. The van der Waals surface area contributed by atoms with E-state index in [9.17, 15) is 0 Å². The van der Waals surface area contributed by atoms with Crippen LogP contribution in [0, 0.1) is 6.92 Å². The Bertz CT molecular complexity index is 344. The van der Waals surface area contributed by atoms with Gasteiger partial charge in [-0.1, -0.05) is 29.8 Å². The van der Waals surface area contributed by atoms with Crippen molar-refractivity contribution in [2.75, 3.05) is 25.1 Å². The van der Waals surface area contributed by atoms with E-state index < -0.39 is 0 Å². The maximum atomic E-state index is 6.27. The van der Waals surface area contributed by atoms with Crippen molar-refractivity contribution in [2.45, 2.75) is 25.4 Å². The normalized spacial score (nSPS) is 22.0. The molecular formula is C14H22N2S. The summed E-state index contributed by atoms with van der Waals surface area (Å²) in [6.45, 7) is 3.06. The average molecular weight is 250 g/mol. The molecule has 3 heteroatoms. The number of rotatable bonds is 4. The summed E-state index contributed by atoms with van der Waals surface area (Å²) >= 11 is 2.05. The molecule has 0 radical (unpaired) electrons. The van der Waals surface area contributed by atoms with E-state index >= 15 is 0 Å². The van der Waals surface area contributed by atoms with E-state index in [-0.39, 0.29) is 6.04 Å². The third-order valence-electron chi connectivity index (χ3n) is 3.52. The fourth-order valence-electron chi connectivity index (χ4n) is 2.25. The number of nitrogens with two attached hydrogens (primary N) is 1. The average Bonchev–Trinajstić information content (AvgIpc) is 2.83. The minimum Gasteiger partial charge on any atom is -0.323 e. The summed E-state index contributed by atoms with van der Waals surface area (Å²) < 4.78 is 0. The lowest BCUT2D eigenvalue weighted by Gasteiger charge is -2.26. The molecule has 1 aliphatic rings. The number of benzene rings is 1. The lowest BCUT2D eigenvalue weighted by molar-refractivity contribution is 0.247. The molecule has 17 heavy (non-hydrogen) atoms. The Morgan fingerprint density at radius 2 is 2.12 bits per heavy atom. The minimum absolute atomic E-state index is 0.131. The molecule has 0 bridgehead atoms. The summed E-state index contributed by atoms with van der Waals surface area (Å²) in [6.07, 6.45) is 1.31. The number of nitrogens with zero attached hydrogens (tertiary/aromatic N) is 1. The van der Waals surface area contributed by atoms with Crippen molar-refractivity contribution in [3.05, 3.63) is 35.4 Å². The van der Waals surface area contributed by atoms with Crippen LogP contribution in [-0.2, 0) is 0 Å². The Kier molecular flexibility index (Phi) is 4.48. The molecule has 2 nitrogen and oxygen atoms in total. The summed E-state index contributed by atoms with van der Waals surface area (Å²) in [5.74, 6) is 2.56. The van der Waals surface area contributed by atoms with Crippen LogP contribution in [0.4, 0.5) is 0 Å². The number of hydrogen-bond donors (Lipinski definition) is 1. The van der Waals surface area contributed by atoms with Crippen molar-refractivity contribution in [3.8, 4) is 0 Å². The Labute approximate surface area is 109 Å². The van der Waals surface area contributed by atoms with Gasteiger partial charge in [-0.15, -0.1) is 0 Å². The number of likely N-dealkylation sites (N-methyl/N-ethyl adjacent to an activating group) is 1. The molecular weight excluding hydrogens is 228 g/mol. The largest absolute Gasteiger partial charge is 0.323 e. The molecule has 1 aromatic carbocycles. The molecule has 0 aliphatic carbocycles. The second-order valence-corrected chi connectivity index (χ2v) is 6.12. The van der Waals surface area contributed by atoms with Gasteiger partial charge in [-0.2, -0.15) is 11.8 Å². The molecule has 0 saturated carbocycles. The number of hydrogen-bond acceptors (Lipinski definition) is 3. The van der Waals surface area contributed by atoms with Gasteiger partial charge in [0.25, 0.3) is 0 Å². The van der Waals surface area contributed by atoms with E-state index in [2.05, 4.69) is 54.9 Å². The standard InChI is InChI=1S/C14H22N2S/c1-11-3-5-12(6-4-11)14(15)9-16(2)13-7-8-17-10-13/h3-6,13-14H,7-10,15H2,1-2H3. The van der Waals surface area contributed by atoms with Gasteiger partial charge in [0.2, 0.25) is 0 Å². The van der Waals surface area contributed by atoms with Gasteiger partial charge >= 0.3 is 0 Å². The Morgan fingerprint density at radius 1 is 1.41 bits per heavy atom. The van der Waals surface area contributed by atoms with E-state index in [0.717, 1.165) is 12.6 Å². The predicted molar refractivity (Wildman–Crippen MR) is 76.5 cm³/mol. The molecule has 2 unspecified atom stereocenters.